The fraction of sp³-hybridized carbons (Fsp3) is 0.204. The average molecular weight is 1730 g/mol. The molecule has 10 heterocycles. The van der Waals surface area contributed by atoms with Crippen LogP contribution in [0.4, 0.5) is 0 Å². The summed E-state index contributed by atoms with van der Waals surface area (Å²) in [6, 6.07) is 62.7. The molecule has 17 heteroatoms. The van der Waals surface area contributed by atoms with Crippen molar-refractivity contribution in [2.75, 3.05) is 0 Å². The summed E-state index contributed by atoms with van der Waals surface area (Å²) in [5.74, 6) is 0.598. The van der Waals surface area contributed by atoms with Gasteiger partial charge in [-0.15, -0.1) is 0 Å². The van der Waals surface area contributed by atoms with E-state index in [1.807, 2.05) is 55.1 Å². The maximum atomic E-state index is 10.7. The van der Waals surface area contributed by atoms with E-state index in [2.05, 4.69) is 246 Å². The minimum absolute atomic E-state index is 0.265. The van der Waals surface area contributed by atoms with Crippen LogP contribution in [0.1, 0.15) is 120 Å². The molecule has 19 aromatic rings. The molecule has 5 aliphatic rings. The molecule has 5 aliphatic carbocycles. The van der Waals surface area contributed by atoms with Crippen molar-refractivity contribution in [1.29, 1.82) is 0 Å². The van der Waals surface area contributed by atoms with Gasteiger partial charge in [0.05, 0.1) is 56.7 Å². The third-order valence-electron chi connectivity index (χ3n) is 24.4. The van der Waals surface area contributed by atoms with Crippen LogP contribution in [0.5, 0.6) is 11.6 Å². The molecular formula is C98H82I2N12O3. The van der Waals surface area contributed by atoms with Gasteiger partial charge in [0, 0.05) is 125 Å². The number of carbonyl (C=O) groups excluding carboxylic acids is 1. The van der Waals surface area contributed by atoms with Crippen LogP contribution in [-0.4, -0.2) is 71.8 Å². The van der Waals surface area contributed by atoms with Crippen molar-refractivity contribution in [2.45, 2.75) is 128 Å². The van der Waals surface area contributed by atoms with Gasteiger partial charge in [0.1, 0.15) is 5.75 Å². The summed E-state index contributed by atoms with van der Waals surface area (Å²) in [6.07, 6.45) is 33.6. The lowest BCUT2D eigenvalue weighted by atomic mass is 9.85. The fourth-order valence-electron chi connectivity index (χ4n) is 19.1. The smallest absolute Gasteiger partial charge is 0.299 e. The first-order valence-electron chi connectivity index (χ1n) is 40.5. The first-order valence-corrected chi connectivity index (χ1v) is 42.6. The Bertz CT molecular complexity index is 6790. The van der Waals surface area contributed by atoms with E-state index in [9.17, 15) is 9.90 Å². The number of nitrogens with one attached hydrogen (secondary N) is 5. The molecule has 0 bridgehead atoms. The SMILES string of the molecule is Ic1ccc(-c2[nH]c3ccc4nccc4c3c3c2CCCC3)cc1.Ic1ccc(-c2nc3ccc4[nH]ncc4c3c3c2CCCC3)cc1.O=COc1cc2c(ccc3[nH]c(-c4ccc(O)cc4)c4c(c32)CCCC4)n1.c1ccc(-c2[nH]c3ccc4nccc4c3c3c2CCCC3)cc1.c1nc2ccc3[nH]ncc3c2c2c1CCCC2. The maximum Gasteiger partial charge on any atom is 0.299 e. The number of aromatic hydroxyl groups is 1. The summed E-state index contributed by atoms with van der Waals surface area (Å²) in [5.41, 5.74) is 35.2. The zero-order valence-corrected chi connectivity index (χ0v) is 67.9. The zero-order chi connectivity index (χ0) is 77.0. The lowest BCUT2D eigenvalue weighted by Gasteiger charge is -2.23. The highest BCUT2D eigenvalue weighted by Gasteiger charge is 2.27. The molecule has 15 nitrogen and oxygen atoms in total. The molecule has 10 aromatic heterocycles. The monoisotopic (exact) mass is 1730 g/mol. The molecule has 0 saturated heterocycles. The normalized spacial score (nSPS) is 14.2. The second-order valence-electron chi connectivity index (χ2n) is 31.1. The average Bonchev–Trinajstić information content (AvgIpc) is 1.75. The quantitative estimate of drug-likeness (QED) is 0.0684. The van der Waals surface area contributed by atoms with Crippen LogP contribution in [0.25, 0.3) is 154 Å². The molecule has 0 radical (unpaired) electrons. The summed E-state index contributed by atoms with van der Waals surface area (Å²) >= 11 is 4.72. The molecule has 0 amide bonds. The first-order chi connectivity index (χ1) is 56.7. The van der Waals surface area contributed by atoms with E-state index in [0.717, 1.165) is 123 Å². The Labute approximate surface area is 690 Å². The van der Waals surface area contributed by atoms with E-state index in [1.165, 1.54) is 222 Å². The Hall–Kier alpha value is -11.7. The molecule has 566 valence electrons. The Balaban J connectivity index is 0.0000000935. The van der Waals surface area contributed by atoms with Crippen LogP contribution in [0.3, 0.4) is 0 Å². The minimum atomic E-state index is 0.265. The molecule has 0 fully saturated rings. The van der Waals surface area contributed by atoms with Crippen LogP contribution in [0.2, 0.25) is 0 Å². The Kier molecular flexibility index (Phi) is 19.6. The number of nitrogens with zero attached hydrogens (tertiary/aromatic N) is 7. The minimum Gasteiger partial charge on any atom is -0.508 e. The zero-order valence-electron chi connectivity index (χ0n) is 63.6. The van der Waals surface area contributed by atoms with Crippen LogP contribution < -0.4 is 4.74 Å². The second kappa shape index (κ2) is 31.3. The van der Waals surface area contributed by atoms with Gasteiger partial charge in [-0.05, 0) is 367 Å². The Morgan fingerprint density at radius 2 is 0.757 bits per heavy atom. The number of pyridine rings is 5. The van der Waals surface area contributed by atoms with E-state index in [1.54, 1.807) is 12.1 Å². The topological polar surface area (TPSA) is 216 Å². The molecule has 0 spiro atoms. The standard InChI is InChI=1S/C22H18N2O3.C21H17IN2.C21H18N2.C20H16IN3.C14H13N3/c25-12-27-20-11-17-18(23-20)9-10-19-21(17)15-3-1-2-4-16(15)22(24-19)13-5-7-14(26)8-6-13;22-14-7-5-13(6-8-14)21-16-4-2-1-3-15(16)20-17-11-12-23-18(17)9-10-19(20)24-21;1-2-6-14(7-3-1)21-16-9-5-4-8-15(16)20-17-12-13-22-18(17)10-11-19(20)23-21;21-13-7-5-12(6-8-13)20-15-4-2-1-3-14(15)19-16-11-22-24-17(16)9-10-18(19)23-20;1-2-4-10-9(3-1)7-15-13-6-5-12-11(14(10)13)8-16-17-12/h5-12,24,26H,1-4H2;5-12,24H,1-4H2;1-3,6-7,10-13,23H,4-5,8-9H2;5-11H,1-4H2,(H,22,24);5-8H,1-4H2,(H,16,17). The lowest BCUT2D eigenvalue weighted by Crippen LogP contribution is -2.07. The number of aryl methyl sites for hydroxylation is 6. The number of halogens is 2. The molecular weight excluding hydrogens is 1650 g/mol. The number of H-pyrrole nitrogens is 5. The van der Waals surface area contributed by atoms with Crippen molar-refractivity contribution < 1.29 is 14.6 Å². The van der Waals surface area contributed by atoms with Crippen molar-refractivity contribution in [1.82, 2.24) is 60.3 Å². The van der Waals surface area contributed by atoms with Gasteiger partial charge in [-0.1, -0.05) is 54.6 Å². The highest BCUT2D eigenvalue weighted by molar-refractivity contribution is 14.1. The number of aromatic nitrogens is 12. The van der Waals surface area contributed by atoms with E-state index in [-0.39, 0.29) is 5.75 Å². The summed E-state index contributed by atoms with van der Waals surface area (Å²) in [4.78, 5) is 44.8. The van der Waals surface area contributed by atoms with Gasteiger partial charge >= 0.3 is 0 Å². The van der Waals surface area contributed by atoms with Crippen LogP contribution >= 0.6 is 45.2 Å². The van der Waals surface area contributed by atoms with E-state index < -0.39 is 0 Å². The van der Waals surface area contributed by atoms with Gasteiger partial charge in [0.25, 0.3) is 6.47 Å². The number of aromatic amines is 5. The first kappa shape index (κ1) is 72.3. The van der Waals surface area contributed by atoms with Crippen molar-refractivity contribution in [2.24, 2.45) is 0 Å². The van der Waals surface area contributed by atoms with Crippen LogP contribution in [0.15, 0.2) is 213 Å². The summed E-state index contributed by atoms with van der Waals surface area (Å²) in [7, 11) is 0. The number of hydrogen-bond acceptors (Lipinski definition) is 10. The van der Waals surface area contributed by atoms with Crippen molar-refractivity contribution in [3.63, 3.8) is 0 Å². The summed E-state index contributed by atoms with van der Waals surface area (Å²) < 4.78 is 7.49. The van der Waals surface area contributed by atoms with Crippen molar-refractivity contribution in [3.8, 4) is 56.7 Å². The fourth-order valence-corrected chi connectivity index (χ4v) is 19.8. The third-order valence-corrected chi connectivity index (χ3v) is 25.8. The lowest BCUT2D eigenvalue weighted by molar-refractivity contribution is -0.120. The molecule has 9 aromatic carbocycles. The van der Waals surface area contributed by atoms with Crippen LogP contribution in [0, 0.1) is 7.14 Å². The van der Waals surface area contributed by atoms with E-state index in [4.69, 9.17) is 9.72 Å². The van der Waals surface area contributed by atoms with Crippen molar-refractivity contribution >= 4 is 161 Å². The Morgan fingerprint density at radius 1 is 0.339 bits per heavy atom. The van der Waals surface area contributed by atoms with Gasteiger partial charge in [0.2, 0.25) is 5.88 Å². The molecule has 0 aliphatic heterocycles. The Morgan fingerprint density at radius 3 is 1.29 bits per heavy atom. The van der Waals surface area contributed by atoms with E-state index in [0.29, 0.717) is 12.4 Å². The number of ether oxygens (including phenoxy) is 1. The van der Waals surface area contributed by atoms with Gasteiger partial charge in [-0.3, -0.25) is 29.9 Å². The van der Waals surface area contributed by atoms with Gasteiger partial charge < -0.3 is 24.8 Å². The number of carbonyl (C=O) groups is 1. The number of rotatable bonds is 6. The largest absolute Gasteiger partial charge is 0.508 e. The van der Waals surface area contributed by atoms with Gasteiger partial charge in [-0.2, -0.15) is 10.2 Å². The number of benzene rings is 9. The molecule has 0 atom stereocenters. The predicted molar refractivity (Wildman–Crippen MR) is 482 cm³/mol. The highest BCUT2D eigenvalue weighted by Crippen LogP contribution is 2.45. The number of fused-ring (bicyclic) bond motifs is 25. The van der Waals surface area contributed by atoms with Gasteiger partial charge in [0.15, 0.2) is 0 Å². The molecule has 0 saturated carbocycles. The highest BCUT2D eigenvalue weighted by atomic mass is 127. The number of phenolic OH excluding ortho intramolecular Hbond substituents is 1. The van der Waals surface area contributed by atoms with Gasteiger partial charge in [-0.25, -0.2) is 9.97 Å². The molecule has 24 rings (SSSR count). The molecule has 115 heavy (non-hydrogen) atoms. The number of hydrogen-bond donors (Lipinski definition) is 6. The predicted octanol–water partition coefficient (Wildman–Crippen LogP) is 23.9. The molecule has 6 N–H and O–H groups in total. The summed E-state index contributed by atoms with van der Waals surface area (Å²) in [5, 5.41) is 36.7. The third kappa shape index (κ3) is 13.7. The molecule has 0 unspecified atom stereocenters. The maximum absolute atomic E-state index is 10.7. The van der Waals surface area contributed by atoms with Crippen LogP contribution in [-0.2, 0) is 69.0 Å². The number of phenols is 1. The van der Waals surface area contributed by atoms with E-state index >= 15 is 0 Å². The summed E-state index contributed by atoms with van der Waals surface area (Å²) in [6.45, 7) is 0.411. The second-order valence-corrected chi connectivity index (χ2v) is 33.5. The van der Waals surface area contributed by atoms with Crippen molar-refractivity contribution in [3.05, 3.63) is 276 Å².